The molecule has 3 aromatic carbocycles. The van der Waals surface area contributed by atoms with Gasteiger partial charge in [-0.25, -0.2) is 8.78 Å². The Hall–Kier alpha value is -3.71. The second kappa shape index (κ2) is 8.80. The molecule has 0 aliphatic carbocycles. The molecule has 0 bridgehead atoms. The first-order chi connectivity index (χ1) is 15.4. The molecule has 162 valence electrons. The number of benzene rings is 3. The molecule has 8 heteroatoms. The van der Waals surface area contributed by atoms with Crippen molar-refractivity contribution in [2.24, 2.45) is 0 Å². The van der Waals surface area contributed by atoms with E-state index < -0.39 is 23.4 Å². The van der Waals surface area contributed by atoms with Crippen molar-refractivity contribution in [1.82, 2.24) is 4.90 Å². The van der Waals surface area contributed by atoms with Crippen molar-refractivity contribution in [3.05, 3.63) is 100 Å². The maximum atomic E-state index is 13.7. The number of carbonyl (C=O) groups is 2. The van der Waals surface area contributed by atoms with Crippen LogP contribution in [0.15, 0.2) is 72.4 Å². The van der Waals surface area contributed by atoms with Gasteiger partial charge in [-0.1, -0.05) is 41.9 Å². The van der Waals surface area contributed by atoms with Gasteiger partial charge in [0.05, 0.1) is 19.2 Å². The van der Waals surface area contributed by atoms with Crippen molar-refractivity contribution in [3.63, 3.8) is 0 Å². The van der Waals surface area contributed by atoms with Crippen molar-refractivity contribution in [1.29, 1.82) is 0 Å². The minimum absolute atomic E-state index is 0.0104. The van der Waals surface area contributed by atoms with Gasteiger partial charge in [-0.15, -0.1) is 0 Å². The maximum absolute atomic E-state index is 13.7. The van der Waals surface area contributed by atoms with Crippen molar-refractivity contribution in [2.75, 3.05) is 12.4 Å². The second-order valence-corrected chi connectivity index (χ2v) is 7.46. The van der Waals surface area contributed by atoms with Crippen LogP contribution < -0.4 is 10.1 Å². The summed E-state index contributed by atoms with van der Waals surface area (Å²) in [6, 6.07) is 16.7. The first-order valence-corrected chi connectivity index (χ1v) is 9.97. The van der Waals surface area contributed by atoms with Crippen LogP contribution in [-0.4, -0.2) is 23.8 Å². The summed E-state index contributed by atoms with van der Waals surface area (Å²) in [5.41, 5.74) is 1.24. The summed E-state index contributed by atoms with van der Waals surface area (Å²) >= 11 is 5.92. The molecule has 1 heterocycles. The summed E-state index contributed by atoms with van der Waals surface area (Å²) in [7, 11) is 1.45. The molecule has 3 aromatic rings. The molecule has 0 atom stereocenters. The molecule has 0 radical (unpaired) electrons. The first-order valence-electron chi connectivity index (χ1n) is 9.59. The van der Waals surface area contributed by atoms with Crippen molar-refractivity contribution >= 4 is 34.7 Å². The van der Waals surface area contributed by atoms with E-state index in [4.69, 9.17) is 16.3 Å². The average molecular weight is 455 g/mol. The van der Waals surface area contributed by atoms with Gasteiger partial charge in [0, 0.05) is 22.3 Å². The number of rotatable bonds is 6. The Balaban J connectivity index is 1.78. The number of nitrogens with one attached hydrogen (secondary N) is 1. The molecule has 0 aromatic heterocycles. The molecule has 5 nitrogen and oxygen atoms in total. The van der Waals surface area contributed by atoms with E-state index >= 15 is 0 Å². The van der Waals surface area contributed by atoms with Crippen molar-refractivity contribution in [3.8, 4) is 5.75 Å². The third kappa shape index (κ3) is 4.07. The van der Waals surface area contributed by atoms with Gasteiger partial charge in [-0.3, -0.25) is 14.5 Å². The highest BCUT2D eigenvalue weighted by atomic mass is 35.5. The van der Waals surface area contributed by atoms with Crippen LogP contribution in [0.4, 0.5) is 14.5 Å². The summed E-state index contributed by atoms with van der Waals surface area (Å²) in [5, 5.41) is 3.33. The van der Waals surface area contributed by atoms with Gasteiger partial charge < -0.3 is 10.1 Å². The highest BCUT2D eigenvalue weighted by molar-refractivity contribution is 6.37. The number of hydrogen-bond donors (Lipinski definition) is 1. The van der Waals surface area contributed by atoms with Gasteiger partial charge in [0.25, 0.3) is 11.8 Å². The number of para-hydroxylation sites is 1. The molecule has 1 aliphatic heterocycles. The Morgan fingerprint density at radius 1 is 0.938 bits per heavy atom. The normalized spacial score (nSPS) is 13.7. The van der Waals surface area contributed by atoms with Crippen molar-refractivity contribution in [2.45, 2.75) is 6.54 Å². The van der Waals surface area contributed by atoms with Gasteiger partial charge in [0.2, 0.25) is 0 Å². The number of anilines is 1. The van der Waals surface area contributed by atoms with E-state index in [9.17, 15) is 18.4 Å². The van der Waals surface area contributed by atoms with E-state index in [0.717, 1.165) is 17.0 Å². The SMILES string of the molecule is COc1ccccc1C1=C(Nc2ccc(F)c(F)c2)C(=O)N(Cc2ccc(Cl)cc2)C1=O. The number of imide groups is 1. The lowest BCUT2D eigenvalue weighted by molar-refractivity contribution is -0.137. The molecule has 4 rings (SSSR count). The number of ether oxygens (including phenoxy) is 1. The summed E-state index contributed by atoms with van der Waals surface area (Å²) in [6.07, 6.45) is 0. The van der Waals surface area contributed by atoms with E-state index in [2.05, 4.69) is 5.32 Å². The van der Waals surface area contributed by atoms with E-state index in [1.165, 1.54) is 13.2 Å². The predicted octanol–water partition coefficient (Wildman–Crippen LogP) is 5.02. The zero-order valence-electron chi connectivity index (χ0n) is 16.9. The third-order valence-corrected chi connectivity index (χ3v) is 5.24. The number of halogens is 3. The number of methoxy groups -OCH3 is 1. The quantitative estimate of drug-likeness (QED) is 0.531. The molecule has 0 fully saturated rings. The molecule has 0 spiro atoms. The lowest BCUT2D eigenvalue weighted by Crippen LogP contribution is -2.32. The summed E-state index contributed by atoms with van der Waals surface area (Å²) in [4.78, 5) is 27.7. The Morgan fingerprint density at radius 2 is 1.66 bits per heavy atom. The smallest absolute Gasteiger partial charge is 0.278 e. The van der Waals surface area contributed by atoms with Gasteiger partial charge in [0.1, 0.15) is 11.4 Å². The molecular formula is C24H17ClF2N2O3. The van der Waals surface area contributed by atoms with Crippen LogP contribution >= 0.6 is 11.6 Å². The minimum atomic E-state index is -1.08. The standard InChI is InChI=1S/C24H17ClF2N2O3/c1-32-20-5-3-2-4-17(20)21-22(28-16-10-11-18(26)19(27)12-16)24(31)29(23(21)30)13-14-6-8-15(25)9-7-14/h2-12,28H,13H2,1H3. The molecule has 2 amide bonds. The Kier molecular flexibility index (Phi) is 5.92. The number of carbonyl (C=O) groups excluding carboxylic acids is 2. The number of nitrogens with zero attached hydrogens (tertiary/aromatic N) is 1. The molecule has 1 aliphatic rings. The topological polar surface area (TPSA) is 58.6 Å². The van der Waals surface area contributed by atoms with Crippen LogP contribution in [0.5, 0.6) is 5.75 Å². The molecule has 1 N–H and O–H groups in total. The van der Waals surface area contributed by atoms with Gasteiger partial charge in [0.15, 0.2) is 11.6 Å². The number of hydrogen-bond acceptors (Lipinski definition) is 4. The highest BCUT2D eigenvalue weighted by Gasteiger charge is 2.40. The van der Waals surface area contributed by atoms with Crippen LogP contribution in [-0.2, 0) is 16.1 Å². The van der Waals surface area contributed by atoms with E-state index in [-0.39, 0.29) is 23.5 Å². The largest absolute Gasteiger partial charge is 0.496 e. The van der Waals surface area contributed by atoms with Crippen LogP contribution in [0.2, 0.25) is 5.02 Å². The monoisotopic (exact) mass is 454 g/mol. The van der Waals surface area contributed by atoms with Gasteiger partial charge in [-0.2, -0.15) is 0 Å². The zero-order valence-corrected chi connectivity index (χ0v) is 17.6. The van der Waals surface area contributed by atoms with Gasteiger partial charge >= 0.3 is 0 Å². The van der Waals surface area contributed by atoms with Crippen LogP contribution in [0.3, 0.4) is 0 Å². The first kappa shape index (κ1) is 21.5. The van der Waals surface area contributed by atoms with Crippen LogP contribution in [0.25, 0.3) is 5.57 Å². The third-order valence-electron chi connectivity index (χ3n) is 4.99. The lowest BCUT2D eigenvalue weighted by atomic mass is 10.0. The highest BCUT2D eigenvalue weighted by Crippen LogP contribution is 2.36. The van der Waals surface area contributed by atoms with E-state index in [1.807, 2.05) is 0 Å². The van der Waals surface area contributed by atoms with Gasteiger partial charge in [-0.05, 0) is 35.9 Å². The average Bonchev–Trinajstić information content (AvgIpc) is 3.01. The zero-order chi connectivity index (χ0) is 22.8. The molecule has 0 unspecified atom stereocenters. The fraction of sp³-hybridized carbons (Fsp3) is 0.0833. The minimum Gasteiger partial charge on any atom is -0.496 e. The van der Waals surface area contributed by atoms with Crippen LogP contribution in [0, 0.1) is 11.6 Å². The lowest BCUT2D eigenvalue weighted by Gasteiger charge is -2.16. The fourth-order valence-electron chi connectivity index (χ4n) is 3.43. The van der Waals surface area contributed by atoms with Crippen LogP contribution in [0.1, 0.15) is 11.1 Å². The Bertz CT molecular complexity index is 1240. The molecule has 32 heavy (non-hydrogen) atoms. The van der Waals surface area contributed by atoms with Crippen molar-refractivity contribution < 1.29 is 23.1 Å². The summed E-state index contributed by atoms with van der Waals surface area (Å²) in [6.45, 7) is 0.0104. The Labute approximate surface area is 187 Å². The summed E-state index contributed by atoms with van der Waals surface area (Å²) < 4.78 is 32.5. The molecule has 0 saturated heterocycles. The fourth-order valence-corrected chi connectivity index (χ4v) is 3.55. The van der Waals surface area contributed by atoms with E-state index in [0.29, 0.717) is 21.9 Å². The summed E-state index contributed by atoms with van der Waals surface area (Å²) in [5.74, 6) is -2.85. The maximum Gasteiger partial charge on any atom is 0.278 e. The number of amides is 2. The van der Waals surface area contributed by atoms with E-state index in [1.54, 1.807) is 48.5 Å². The Morgan fingerprint density at radius 3 is 2.34 bits per heavy atom. The molecular weight excluding hydrogens is 438 g/mol. The predicted molar refractivity (Wildman–Crippen MR) is 117 cm³/mol. The molecule has 0 saturated carbocycles. The second-order valence-electron chi connectivity index (χ2n) is 7.03.